The first-order chi connectivity index (χ1) is 17.3. The van der Waals surface area contributed by atoms with Crippen LogP contribution in [0.3, 0.4) is 0 Å². The number of anilines is 2. The van der Waals surface area contributed by atoms with Crippen molar-refractivity contribution in [3.63, 3.8) is 0 Å². The largest absolute Gasteiger partial charge is 0.325 e. The molecular formula is C29H29N3O3S. The zero-order valence-electron chi connectivity index (χ0n) is 20.3. The van der Waals surface area contributed by atoms with Crippen LogP contribution in [0.2, 0.25) is 0 Å². The van der Waals surface area contributed by atoms with Gasteiger partial charge >= 0.3 is 0 Å². The van der Waals surface area contributed by atoms with Crippen LogP contribution >= 0.6 is 0 Å². The summed E-state index contributed by atoms with van der Waals surface area (Å²) in [5, 5.41) is 2.83. The number of hydrogen-bond acceptors (Lipinski definition) is 4. The van der Waals surface area contributed by atoms with Gasteiger partial charge in [0.05, 0.1) is 10.6 Å². The number of benzene rings is 3. The summed E-state index contributed by atoms with van der Waals surface area (Å²) in [6.07, 6.45) is 4.28. The van der Waals surface area contributed by atoms with E-state index in [1.54, 1.807) is 42.7 Å². The van der Waals surface area contributed by atoms with Gasteiger partial charge in [0.1, 0.15) is 6.54 Å². The van der Waals surface area contributed by atoms with Gasteiger partial charge in [0.15, 0.2) is 0 Å². The molecule has 1 N–H and O–H groups in total. The lowest BCUT2D eigenvalue weighted by molar-refractivity contribution is -0.114. The molecule has 0 atom stereocenters. The quantitative estimate of drug-likeness (QED) is 0.324. The predicted octanol–water partition coefficient (Wildman–Crippen LogP) is 5.63. The van der Waals surface area contributed by atoms with Crippen molar-refractivity contribution in [3.8, 4) is 0 Å². The molecule has 0 saturated carbocycles. The molecule has 184 valence electrons. The molecule has 7 heteroatoms. The second kappa shape index (κ2) is 11.2. The highest BCUT2D eigenvalue weighted by Crippen LogP contribution is 2.26. The molecule has 6 nitrogen and oxygen atoms in total. The molecule has 4 aromatic rings. The van der Waals surface area contributed by atoms with E-state index < -0.39 is 15.9 Å². The van der Waals surface area contributed by atoms with Crippen LogP contribution in [0.4, 0.5) is 11.4 Å². The third-order valence-electron chi connectivity index (χ3n) is 5.86. The lowest BCUT2D eigenvalue weighted by Crippen LogP contribution is -2.38. The molecule has 3 aromatic carbocycles. The molecule has 1 heterocycles. The van der Waals surface area contributed by atoms with Crippen molar-refractivity contribution in [2.45, 2.75) is 31.1 Å². The highest BCUT2D eigenvalue weighted by Gasteiger charge is 2.27. The Morgan fingerprint density at radius 2 is 1.44 bits per heavy atom. The summed E-state index contributed by atoms with van der Waals surface area (Å²) in [5.74, 6) is -0.118. The van der Waals surface area contributed by atoms with E-state index >= 15 is 0 Å². The molecular weight excluding hydrogens is 470 g/mol. The van der Waals surface area contributed by atoms with Crippen molar-refractivity contribution < 1.29 is 13.2 Å². The monoisotopic (exact) mass is 499 g/mol. The van der Waals surface area contributed by atoms with Crippen LogP contribution < -0.4 is 9.62 Å². The van der Waals surface area contributed by atoms with Gasteiger partial charge in [0, 0.05) is 18.1 Å². The van der Waals surface area contributed by atoms with Crippen LogP contribution in [0, 0.1) is 0 Å². The topological polar surface area (TPSA) is 79.4 Å². The van der Waals surface area contributed by atoms with E-state index in [1.165, 1.54) is 12.1 Å². The zero-order chi connectivity index (χ0) is 25.5. The third kappa shape index (κ3) is 6.17. The number of pyridine rings is 1. The minimum atomic E-state index is -3.95. The Morgan fingerprint density at radius 3 is 2.06 bits per heavy atom. The number of carbonyl (C=O) groups excluding carboxylic acids is 1. The molecule has 1 aromatic heterocycles. The SMILES string of the molecule is CC(C)c1ccc(N(CC(=O)Nc2ccc(Cc3ccncc3)cc2)S(=O)(=O)c2ccccc2)cc1. The molecule has 36 heavy (non-hydrogen) atoms. The van der Waals surface area contributed by atoms with Gasteiger partial charge in [0.2, 0.25) is 5.91 Å². The fourth-order valence-corrected chi connectivity index (χ4v) is 5.28. The van der Waals surface area contributed by atoms with Crippen LogP contribution in [0.15, 0.2) is 108 Å². The second-order valence-corrected chi connectivity index (χ2v) is 10.7. The van der Waals surface area contributed by atoms with Crippen LogP contribution in [-0.4, -0.2) is 25.9 Å². The van der Waals surface area contributed by atoms with Crippen molar-refractivity contribution in [2.75, 3.05) is 16.2 Å². The third-order valence-corrected chi connectivity index (χ3v) is 7.65. The maximum atomic E-state index is 13.5. The van der Waals surface area contributed by atoms with Gasteiger partial charge in [-0.05, 0) is 77.6 Å². The van der Waals surface area contributed by atoms with E-state index in [4.69, 9.17) is 0 Å². The van der Waals surface area contributed by atoms with Crippen LogP contribution in [0.1, 0.15) is 36.5 Å². The van der Waals surface area contributed by atoms with Crippen molar-refractivity contribution in [2.24, 2.45) is 0 Å². The van der Waals surface area contributed by atoms with Crippen LogP contribution in [0.25, 0.3) is 0 Å². The van der Waals surface area contributed by atoms with Crippen LogP contribution in [0.5, 0.6) is 0 Å². The Balaban J connectivity index is 1.53. The van der Waals surface area contributed by atoms with Gasteiger partial charge in [-0.3, -0.25) is 14.1 Å². The number of amides is 1. The Labute approximate surface area is 212 Å². The zero-order valence-corrected chi connectivity index (χ0v) is 21.2. The summed E-state index contributed by atoms with van der Waals surface area (Å²) >= 11 is 0. The fourth-order valence-electron chi connectivity index (χ4n) is 3.83. The normalized spacial score (nSPS) is 11.3. The van der Waals surface area contributed by atoms with Crippen molar-refractivity contribution in [3.05, 3.63) is 120 Å². The molecule has 0 aliphatic carbocycles. The summed E-state index contributed by atoms with van der Waals surface area (Å²) in [7, 11) is -3.95. The average molecular weight is 500 g/mol. The predicted molar refractivity (Wildman–Crippen MR) is 144 cm³/mol. The maximum absolute atomic E-state index is 13.5. The van der Waals surface area contributed by atoms with Crippen LogP contribution in [-0.2, 0) is 21.2 Å². The number of nitrogens with zero attached hydrogens (tertiary/aromatic N) is 2. The Morgan fingerprint density at radius 1 is 0.833 bits per heavy atom. The molecule has 0 unspecified atom stereocenters. The Hall–Kier alpha value is -3.97. The molecule has 0 radical (unpaired) electrons. The van der Waals surface area contributed by atoms with Gasteiger partial charge in [0.25, 0.3) is 10.0 Å². The number of rotatable bonds is 9. The van der Waals surface area contributed by atoms with E-state index in [2.05, 4.69) is 24.1 Å². The van der Waals surface area contributed by atoms with Gasteiger partial charge in [-0.15, -0.1) is 0 Å². The number of hydrogen-bond donors (Lipinski definition) is 1. The molecule has 0 fully saturated rings. The van der Waals surface area contributed by atoms with E-state index in [1.807, 2.05) is 48.5 Å². The average Bonchev–Trinajstić information content (AvgIpc) is 2.89. The lowest BCUT2D eigenvalue weighted by atomic mass is 10.0. The van der Waals surface area contributed by atoms with Gasteiger partial charge in [-0.1, -0.05) is 56.3 Å². The highest BCUT2D eigenvalue weighted by molar-refractivity contribution is 7.92. The first-order valence-electron chi connectivity index (χ1n) is 11.8. The second-order valence-electron chi connectivity index (χ2n) is 8.85. The first kappa shape index (κ1) is 25.1. The van der Waals surface area contributed by atoms with Gasteiger partial charge in [-0.25, -0.2) is 8.42 Å². The van der Waals surface area contributed by atoms with Crippen molar-refractivity contribution in [1.29, 1.82) is 0 Å². The number of sulfonamides is 1. The van der Waals surface area contributed by atoms with Gasteiger partial charge in [-0.2, -0.15) is 0 Å². The molecule has 1 amide bonds. The number of carbonyl (C=O) groups is 1. The minimum absolute atomic E-state index is 0.131. The summed E-state index contributed by atoms with van der Waals surface area (Å²) in [5.41, 5.74) is 4.37. The standard InChI is InChI=1S/C29H29N3O3S/c1-22(2)25-10-14-27(15-11-25)32(36(34,35)28-6-4-3-5-7-28)21-29(33)31-26-12-8-23(9-13-26)20-24-16-18-30-19-17-24/h3-19,22H,20-21H2,1-2H3,(H,31,33). The molecule has 0 aliphatic rings. The number of nitrogens with one attached hydrogen (secondary N) is 1. The summed E-state index contributed by atoms with van der Waals surface area (Å²) in [6, 6.07) is 26.9. The lowest BCUT2D eigenvalue weighted by Gasteiger charge is -2.24. The van der Waals surface area contributed by atoms with Crippen molar-refractivity contribution >= 4 is 27.3 Å². The number of aromatic nitrogens is 1. The Bertz CT molecular complexity index is 1390. The maximum Gasteiger partial charge on any atom is 0.264 e. The van der Waals surface area contributed by atoms with Gasteiger partial charge < -0.3 is 5.32 Å². The van der Waals surface area contributed by atoms with E-state index in [0.717, 1.165) is 27.4 Å². The highest BCUT2D eigenvalue weighted by atomic mass is 32.2. The van der Waals surface area contributed by atoms with E-state index in [-0.39, 0.29) is 11.4 Å². The molecule has 0 bridgehead atoms. The fraction of sp³-hybridized carbons (Fsp3) is 0.172. The molecule has 0 saturated heterocycles. The summed E-state index contributed by atoms with van der Waals surface area (Å²) < 4.78 is 28.2. The Kier molecular flexibility index (Phi) is 7.80. The molecule has 0 aliphatic heterocycles. The molecule has 4 rings (SSSR count). The summed E-state index contributed by atoms with van der Waals surface area (Å²) in [6.45, 7) is 3.80. The van der Waals surface area contributed by atoms with E-state index in [9.17, 15) is 13.2 Å². The molecule has 0 spiro atoms. The smallest absolute Gasteiger partial charge is 0.264 e. The minimum Gasteiger partial charge on any atom is -0.325 e. The first-order valence-corrected chi connectivity index (χ1v) is 13.2. The summed E-state index contributed by atoms with van der Waals surface area (Å²) in [4.78, 5) is 17.2. The van der Waals surface area contributed by atoms with E-state index in [0.29, 0.717) is 17.3 Å². The van der Waals surface area contributed by atoms with Crippen molar-refractivity contribution in [1.82, 2.24) is 4.98 Å².